The maximum atomic E-state index is 13.4. The van der Waals surface area contributed by atoms with E-state index in [1.54, 1.807) is 6.92 Å². The summed E-state index contributed by atoms with van der Waals surface area (Å²) in [6.45, 7) is 6.17. The van der Waals surface area contributed by atoms with Gasteiger partial charge in [0.1, 0.15) is 5.75 Å². The van der Waals surface area contributed by atoms with E-state index in [2.05, 4.69) is 16.9 Å². The van der Waals surface area contributed by atoms with Crippen LogP contribution in [0.3, 0.4) is 0 Å². The molecule has 158 valence electrons. The van der Waals surface area contributed by atoms with Gasteiger partial charge in [-0.15, -0.1) is 0 Å². The highest BCUT2D eigenvalue weighted by Crippen LogP contribution is 2.48. The number of benzene rings is 1. The average molecular weight is 412 g/mol. The van der Waals surface area contributed by atoms with Gasteiger partial charge in [-0.3, -0.25) is 4.79 Å². The Bertz CT molecular complexity index is 852. The molecule has 1 aliphatic heterocycles. The van der Waals surface area contributed by atoms with Gasteiger partial charge >= 0.3 is 6.18 Å². The molecule has 2 rings (SSSR count). The van der Waals surface area contributed by atoms with Gasteiger partial charge in [-0.1, -0.05) is 13.0 Å². The minimum atomic E-state index is -4.58. The maximum absolute atomic E-state index is 13.4. The minimum absolute atomic E-state index is 0.0253. The SMILES string of the molecule is C=C(/N=C\C(=C/N)NC(=O)[C@H](N)CC)Oc1ccc2c(c1)C(C)(C(F)(F)F)OC2. The van der Waals surface area contributed by atoms with Crippen molar-refractivity contribution < 1.29 is 27.4 Å². The fraction of sp³-hybridized carbons (Fsp3) is 0.368. The summed E-state index contributed by atoms with van der Waals surface area (Å²) in [5.74, 6) is -0.444. The number of alkyl halides is 3. The molecular weight excluding hydrogens is 389 g/mol. The molecule has 1 amide bonds. The number of nitrogens with one attached hydrogen (secondary N) is 1. The fourth-order valence-electron chi connectivity index (χ4n) is 2.56. The quantitative estimate of drug-likeness (QED) is 0.471. The molecule has 0 saturated heterocycles. The monoisotopic (exact) mass is 412 g/mol. The Morgan fingerprint density at radius 2 is 2.21 bits per heavy atom. The summed E-state index contributed by atoms with van der Waals surface area (Å²) in [5.41, 5.74) is 9.20. The third-order valence-electron chi connectivity index (χ3n) is 4.46. The van der Waals surface area contributed by atoms with Crippen molar-refractivity contribution in [1.29, 1.82) is 0 Å². The van der Waals surface area contributed by atoms with Gasteiger partial charge in [0.15, 0.2) is 5.60 Å². The van der Waals surface area contributed by atoms with Crippen molar-refractivity contribution in [2.24, 2.45) is 16.5 Å². The fourth-order valence-corrected chi connectivity index (χ4v) is 2.56. The Morgan fingerprint density at radius 1 is 1.52 bits per heavy atom. The predicted octanol–water partition coefficient (Wildman–Crippen LogP) is 2.57. The largest absolute Gasteiger partial charge is 0.440 e. The number of carbonyl (C=O) groups is 1. The second kappa shape index (κ2) is 8.66. The lowest BCUT2D eigenvalue weighted by Crippen LogP contribution is -2.40. The van der Waals surface area contributed by atoms with Gasteiger partial charge < -0.3 is 26.3 Å². The van der Waals surface area contributed by atoms with Crippen molar-refractivity contribution in [3.63, 3.8) is 0 Å². The van der Waals surface area contributed by atoms with Crippen molar-refractivity contribution in [1.82, 2.24) is 5.32 Å². The van der Waals surface area contributed by atoms with Crippen molar-refractivity contribution in [3.05, 3.63) is 53.7 Å². The van der Waals surface area contributed by atoms with E-state index in [0.717, 1.165) is 13.1 Å². The molecule has 0 aromatic heterocycles. The van der Waals surface area contributed by atoms with Crippen LogP contribution in [0.15, 0.2) is 47.6 Å². The van der Waals surface area contributed by atoms with E-state index in [4.69, 9.17) is 20.9 Å². The van der Waals surface area contributed by atoms with E-state index in [9.17, 15) is 18.0 Å². The normalized spacial score (nSPS) is 20.4. The first kappa shape index (κ1) is 22.4. The average Bonchev–Trinajstić information content (AvgIpc) is 3.01. The number of halogens is 3. The summed E-state index contributed by atoms with van der Waals surface area (Å²) >= 11 is 0. The number of nitrogens with zero attached hydrogens (tertiary/aromatic N) is 1. The number of amides is 1. The molecule has 1 heterocycles. The molecule has 0 bridgehead atoms. The lowest BCUT2D eigenvalue weighted by Gasteiger charge is -2.27. The second-order valence-electron chi connectivity index (χ2n) is 6.52. The van der Waals surface area contributed by atoms with E-state index >= 15 is 0 Å². The molecule has 1 aromatic rings. The lowest BCUT2D eigenvalue weighted by atomic mass is 9.93. The Morgan fingerprint density at radius 3 is 2.79 bits per heavy atom. The molecule has 2 atom stereocenters. The highest BCUT2D eigenvalue weighted by molar-refractivity contribution is 5.90. The molecule has 1 unspecified atom stereocenters. The van der Waals surface area contributed by atoms with Crippen LogP contribution in [-0.2, 0) is 21.7 Å². The van der Waals surface area contributed by atoms with Gasteiger partial charge in [-0.2, -0.15) is 13.2 Å². The summed E-state index contributed by atoms with van der Waals surface area (Å²) < 4.78 is 50.5. The number of fused-ring (bicyclic) bond motifs is 1. The van der Waals surface area contributed by atoms with E-state index in [1.165, 1.54) is 24.4 Å². The molecule has 5 N–H and O–H groups in total. The Hall–Kier alpha value is -2.85. The van der Waals surface area contributed by atoms with Crippen LogP contribution in [0.25, 0.3) is 0 Å². The highest BCUT2D eigenvalue weighted by Gasteiger charge is 2.57. The van der Waals surface area contributed by atoms with E-state index < -0.39 is 23.7 Å². The summed E-state index contributed by atoms with van der Waals surface area (Å²) in [6, 6.07) is 3.54. The van der Waals surface area contributed by atoms with Gasteiger partial charge in [0.05, 0.1) is 24.6 Å². The van der Waals surface area contributed by atoms with Crippen LogP contribution in [-0.4, -0.2) is 24.3 Å². The van der Waals surface area contributed by atoms with Crippen LogP contribution in [0, 0.1) is 0 Å². The summed E-state index contributed by atoms with van der Waals surface area (Å²) in [5, 5.41) is 2.48. The van der Waals surface area contributed by atoms with Gasteiger partial charge in [0.25, 0.3) is 0 Å². The first-order valence-electron chi connectivity index (χ1n) is 8.75. The lowest BCUT2D eigenvalue weighted by molar-refractivity contribution is -0.272. The highest BCUT2D eigenvalue weighted by atomic mass is 19.4. The van der Waals surface area contributed by atoms with Crippen molar-refractivity contribution in [2.45, 2.75) is 44.7 Å². The van der Waals surface area contributed by atoms with Crippen LogP contribution >= 0.6 is 0 Å². The molecular formula is C19H23F3N4O3. The first-order valence-corrected chi connectivity index (χ1v) is 8.75. The number of ether oxygens (including phenoxy) is 2. The molecule has 29 heavy (non-hydrogen) atoms. The molecule has 0 radical (unpaired) electrons. The Balaban J connectivity index is 2.09. The zero-order valence-corrected chi connectivity index (χ0v) is 16.0. The topological polar surface area (TPSA) is 112 Å². The van der Waals surface area contributed by atoms with E-state index in [-0.39, 0.29) is 29.5 Å². The minimum Gasteiger partial charge on any atom is -0.440 e. The maximum Gasteiger partial charge on any atom is 0.421 e. The van der Waals surface area contributed by atoms with Crippen LogP contribution in [0.1, 0.15) is 31.4 Å². The number of hydrogen-bond acceptors (Lipinski definition) is 6. The van der Waals surface area contributed by atoms with Crippen LogP contribution < -0.4 is 21.5 Å². The molecule has 1 aliphatic rings. The molecule has 0 aliphatic carbocycles. The summed E-state index contributed by atoms with van der Waals surface area (Å²) in [7, 11) is 0. The summed E-state index contributed by atoms with van der Waals surface area (Å²) in [4.78, 5) is 15.7. The first-order chi connectivity index (χ1) is 13.5. The van der Waals surface area contributed by atoms with Crippen LogP contribution in [0.2, 0.25) is 0 Å². The zero-order valence-electron chi connectivity index (χ0n) is 16.0. The predicted molar refractivity (Wildman–Crippen MR) is 102 cm³/mol. The molecule has 10 heteroatoms. The molecule has 0 saturated carbocycles. The van der Waals surface area contributed by atoms with Gasteiger partial charge in [0, 0.05) is 11.8 Å². The van der Waals surface area contributed by atoms with Crippen molar-refractivity contribution in [3.8, 4) is 5.75 Å². The van der Waals surface area contributed by atoms with E-state index in [1.807, 2.05) is 0 Å². The summed E-state index contributed by atoms with van der Waals surface area (Å²) in [6.07, 6.45) is -1.84. The number of rotatable bonds is 7. The van der Waals surface area contributed by atoms with E-state index in [0.29, 0.717) is 12.0 Å². The zero-order chi connectivity index (χ0) is 21.8. The van der Waals surface area contributed by atoms with Gasteiger partial charge in [0.2, 0.25) is 11.8 Å². The second-order valence-corrected chi connectivity index (χ2v) is 6.52. The van der Waals surface area contributed by atoms with Crippen molar-refractivity contribution in [2.75, 3.05) is 0 Å². The molecule has 1 aromatic carbocycles. The van der Waals surface area contributed by atoms with Gasteiger partial charge in [-0.25, -0.2) is 4.99 Å². The number of aliphatic imine (C=N–C) groups is 1. The standard InChI is InChI=1S/C19H23F3N4O3/c1-4-16(24)17(27)26-13(8-23)9-25-11(2)29-14-6-5-12-10-28-18(3,15(12)7-14)19(20,21)22/h5-9,16H,2,4,10,23-24H2,1,3H3,(H,26,27)/b13-8+,25-9-/t16-,18?/m1/s1. The molecule has 0 spiro atoms. The smallest absolute Gasteiger partial charge is 0.421 e. The van der Waals surface area contributed by atoms with Crippen LogP contribution in [0.4, 0.5) is 13.2 Å². The van der Waals surface area contributed by atoms with Gasteiger partial charge in [-0.05, 0) is 37.6 Å². The molecule has 0 fully saturated rings. The number of allylic oxidation sites excluding steroid dienone is 1. The third-order valence-corrected chi connectivity index (χ3v) is 4.46. The Labute approximate surface area is 166 Å². The number of nitrogens with two attached hydrogens (primary N) is 2. The number of carbonyl (C=O) groups excluding carboxylic acids is 1. The Kier molecular flexibility index (Phi) is 6.70. The van der Waals surface area contributed by atoms with Crippen molar-refractivity contribution >= 4 is 12.1 Å². The molecule has 7 nitrogen and oxygen atoms in total. The third kappa shape index (κ3) is 4.96. The van der Waals surface area contributed by atoms with Crippen LogP contribution in [0.5, 0.6) is 5.75 Å². The number of hydrogen-bond donors (Lipinski definition) is 3.